The highest BCUT2D eigenvalue weighted by atomic mass is 16.1. The predicted octanol–water partition coefficient (Wildman–Crippen LogP) is 2.66. The van der Waals surface area contributed by atoms with Gasteiger partial charge in [0.25, 0.3) is 0 Å². The Morgan fingerprint density at radius 1 is 1.32 bits per heavy atom. The molecule has 3 heterocycles. The average molecular weight is 294 g/mol. The van der Waals surface area contributed by atoms with E-state index >= 15 is 0 Å². The van der Waals surface area contributed by atoms with Crippen molar-refractivity contribution in [2.75, 3.05) is 0 Å². The van der Waals surface area contributed by atoms with Crippen LogP contribution in [-0.2, 0) is 4.79 Å². The first-order chi connectivity index (χ1) is 10.9. The van der Waals surface area contributed by atoms with Gasteiger partial charge in [-0.25, -0.2) is 9.97 Å². The summed E-state index contributed by atoms with van der Waals surface area (Å²) in [4.78, 5) is 23.0. The van der Waals surface area contributed by atoms with E-state index in [9.17, 15) is 4.79 Å². The molecule has 4 rings (SSSR count). The lowest BCUT2D eigenvalue weighted by Gasteiger charge is -2.16. The van der Waals surface area contributed by atoms with E-state index in [2.05, 4.69) is 26.3 Å². The molecule has 1 radical (unpaired) electrons. The number of aromatic nitrogens is 5. The fourth-order valence-electron chi connectivity index (χ4n) is 3.35. The Morgan fingerprint density at radius 2 is 2.18 bits per heavy atom. The summed E-state index contributed by atoms with van der Waals surface area (Å²) in [6.07, 6.45) is 13.7. The van der Waals surface area contributed by atoms with Crippen LogP contribution in [0, 0.1) is 5.92 Å². The summed E-state index contributed by atoms with van der Waals surface area (Å²) in [6, 6.07) is 1.65. The molecular formula is C16H16N5O. The maximum absolute atomic E-state index is 11.4. The lowest BCUT2D eigenvalue weighted by molar-refractivity contribution is 0.372. The van der Waals surface area contributed by atoms with Crippen molar-refractivity contribution in [2.45, 2.75) is 31.7 Å². The van der Waals surface area contributed by atoms with Gasteiger partial charge >= 0.3 is 0 Å². The third-order valence-corrected chi connectivity index (χ3v) is 4.48. The van der Waals surface area contributed by atoms with Gasteiger partial charge in [0, 0.05) is 23.3 Å². The monoisotopic (exact) mass is 294 g/mol. The molecule has 0 aromatic carbocycles. The summed E-state index contributed by atoms with van der Waals surface area (Å²) in [5.74, 6) is 0.350. The minimum absolute atomic E-state index is 0.292. The fraction of sp³-hybridized carbons (Fsp3) is 0.375. The molecule has 111 valence electrons. The lowest BCUT2D eigenvalue weighted by atomic mass is 10.00. The van der Waals surface area contributed by atoms with Gasteiger partial charge in [0.2, 0.25) is 6.29 Å². The van der Waals surface area contributed by atoms with E-state index in [0.717, 1.165) is 35.1 Å². The van der Waals surface area contributed by atoms with Crippen molar-refractivity contribution in [3.05, 3.63) is 31.0 Å². The number of nitrogens with zero attached hydrogens (tertiary/aromatic N) is 4. The van der Waals surface area contributed by atoms with Gasteiger partial charge in [-0.05, 0) is 24.8 Å². The standard InChI is InChI=1S/C16H16N5O/c22-9-14(11-3-1-2-4-11)21-8-12(7-20-21)15-13-5-6-17-16(13)19-10-18-15/h5-8,10-11,14H,1-4H2,(H,17,18,19). The van der Waals surface area contributed by atoms with Crippen LogP contribution < -0.4 is 0 Å². The minimum Gasteiger partial charge on any atom is -0.346 e. The lowest BCUT2D eigenvalue weighted by Crippen LogP contribution is -2.19. The molecule has 0 aliphatic heterocycles. The van der Waals surface area contributed by atoms with Crippen LogP contribution in [0.1, 0.15) is 31.7 Å². The number of aromatic amines is 1. The van der Waals surface area contributed by atoms with Crippen LogP contribution in [0.15, 0.2) is 31.0 Å². The van der Waals surface area contributed by atoms with Gasteiger partial charge in [0.05, 0.1) is 11.9 Å². The SMILES string of the molecule is O=[C]C(C1CCCC1)n1cc(-c2ncnc3[nH]ccc23)cn1. The highest BCUT2D eigenvalue weighted by Crippen LogP contribution is 2.34. The molecule has 22 heavy (non-hydrogen) atoms. The van der Waals surface area contributed by atoms with E-state index < -0.39 is 0 Å². The van der Waals surface area contributed by atoms with Crippen LogP contribution in [0.25, 0.3) is 22.3 Å². The molecule has 3 aromatic heterocycles. The molecule has 0 bridgehead atoms. The van der Waals surface area contributed by atoms with Gasteiger partial charge in [0.1, 0.15) is 18.0 Å². The van der Waals surface area contributed by atoms with Crippen LogP contribution in [0.4, 0.5) is 0 Å². The number of hydrogen-bond acceptors (Lipinski definition) is 4. The summed E-state index contributed by atoms with van der Waals surface area (Å²) >= 11 is 0. The maximum atomic E-state index is 11.4. The molecule has 1 unspecified atom stereocenters. The highest BCUT2D eigenvalue weighted by Gasteiger charge is 2.27. The number of hydrogen-bond donors (Lipinski definition) is 1. The van der Waals surface area contributed by atoms with Crippen LogP contribution in [-0.4, -0.2) is 31.0 Å². The first kappa shape index (κ1) is 13.2. The largest absolute Gasteiger partial charge is 0.346 e. The Balaban J connectivity index is 1.71. The number of H-pyrrole nitrogens is 1. The molecule has 1 aliphatic carbocycles. The molecule has 0 spiro atoms. The number of nitrogens with one attached hydrogen (secondary N) is 1. The summed E-state index contributed by atoms with van der Waals surface area (Å²) in [5, 5.41) is 5.34. The minimum atomic E-state index is -0.292. The molecule has 1 aliphatic rings. The van der Waals surface area contributed by atoms with Crippen LogP contribution >= 0.6 is 0 Å². The van der Waals surface area contributed by atoms with Gasteiger partial charge in [-0.3, -0.25) is 9.48 Å². The molecule has 1 saturated carbocycles. The number of rotatable bonds is 4. The van der Waals surface area contributed by atoms with Gasteiger partial charge in [0.15, 0.2) is 0 Å². The van der Waals surface area contributed by atoms with Crippen molar-refractivity contribution in [3.8, 4) is 11.3 Å². The molecule has 0 saturated heterocycles. The second kappa shape index (κ2) is 5.36. The maximum Gasteiger partial charge on any atom is 0.225 e. The summed E-state index contributed by atoms with van der Waals surface area (Å²) in [7, 11) is 0. The van der Waals surface area contributed by atoms with Gasteiger partial charge in [-0.15, -0.1) is 0 Å². The zero-order valence-electron chi connectivity index (χ0n) is 12.1. The highest BCUT2D eigenvalue weighted by molar-refractivity contribution is 5.90. The molecule has 3 aromatic rings. The first-order valence-electron chi connectivity index (χ1n) is 7.57. The Labute approximate surface area is 127 Å². The predicted molar refractivity (Wildman–Crippen MR) is 81.8 cm³/mol. The van der Waals surface area contributed by atoms with E-state index in [1.54, 1.807) is 10.9 Å². The smallest absolute Gasteiger partial charge is 0.225 e. The first-order valence-corrected chi connectivity index (χ1v) is 7.57. The van der Waals surface area contributed by atoms with E-state index in [4.69, 9.17) is 0 Å². The third-order valence-electron chi connectivity index (χ3n) is 4.48. The van der Waals surface area contributed by atoms with Gasteiger partial charge < -0.3 is 4.98 Å². The molecule has 1 atom stereocenters. The molecule has 1 N–H and O–H groups in total. The fourth-order valence-corrected chi connectivity index (χ4v) is 3.35. The van der Waals surface area contributed by atoms with E-state index in [1.165, 1.54) is 19.2 Å². The molecule has 0 amide bonds. The Bertz CT molecular complexity index is 800. The molecule has 6 heteroatoms. The summed E-state index contributed by atoms with van der Waals surface area (Å²) in [6.45, 7) is 0. The van der Waals surface area contributed by atoms with Crippen LogP contribution in [0.5, 0.6) is 0 Å². The van der Waals surface area contributed by atoms with Crippen molar-refractivity contribution in [1.29, 1.82) is 0 Å². The van der Waals surface area contributed by atoms with E-state index in [1.807, 2.05) is 18.5 Å². The average Bonchev–Trinajstić information content (AvgIpc) is 3.29. The van der Waals surface area contributed by atoms with Crippen molar-refractivity contribution in [3.63, 3.8) is 0 Å². The Hall–Kier alpha value is -2.50. The van der Waals surface area contributed by atoms with Crippen LogP contribution in [0.2, 0.25) is 0 Å². The zero-order valence-corrected chi connectivity index (χ0v) is 12.1. The molecular weight excluding hydrogens is 278 g/mol. The molecule has 6 nitrogen and oxygen atoms in total. The Morgan fingerprint density at radius 3 is 3.00 bits per heavy atom. The van der Waals surface area contributed by atoms with Crippen molar-refractivity contribution < 1.29 is 4.79 Å². The van der Waals surface area contributed by atoms with Crippen molar-refractivity contribution >= 4 is 17.3 Å². The van der Waals surface area contributed by atoms with E-state index in [-0.39, 0.29) is 6.04 Å². The topological polar surface area (TPSA) is 76.5 Å². The second-order valence-electron chi connectivity index (χ2n) is 5.78. The number of carbonyl (C=O) groups excluding carboxylic acids is 1. The van der Waals surface area contributed by atoms with Crippen molar-refractivity contribution in [2.24, 2.45) is 5.92 Å². The van der Waals surface area contributed by atoms with Crippen LogP contribution in [0.3, 0.4) is 0 Å². The second-order valence-corrected chi connectivity index (χ2v) is 5.78. The third kappa shape index (κ3) is 2.11. The number of fused-ring (bicyclic) bond motifs is 1. The molecule has 1 fully saturated rings. The van der Waals surface area contributed by atoms with Gasteiger partial charge in [-0.2, -0.15) is 5.10 Å². The van der Waals surface area contributed by atoms with Crippen molar-refractivity contribution in [1.82, 2.24) is 24.7 Å². The van der Waals surface area contributed by atoms with Gasteiger partial charge in [-0.1, -0.05) is 12.8 Å². The Kier molecular flexibility index (Phi) is 3.21. The quantitative estimate of drug-likeness (QED) is 0.802. The normalized spacial score (nSPS) is 17.1. The zero-order chi connectivity index (χ0) is 14.9. The summed E-state index contributed by atoms with van der Waals surface area (Å²) in [5.41, 5.74) is 2.52. The van der Waals surface area contributed by atoms with E-state index in [0.29, 0.717) is 5.92 Å². The summed E-state index contributed by atoms with van der Waals surface area (Å²) < 4.78 is 1.74.